The summed E-state index contributed by atoms with van der Waals surface area (Å²) < 4.78 is 0.888. The Morgan fingerprint density at radius 2 is 1.90 bits per heavy atom. The third-order valence-corrected chi connectivity index (χ3v) is 4.64. The second kappa shape index (κ2) is 6.20. The van der Waals surface area contributed by atoms with Crippen molar-refractivity contribution in [1.82, 2.24) is 4.90 Å². The molecule has 6 nitrogen and oxygen atoms in total. The summed E-state index contributed by atoms with van der Waals surface area (Å²) in [6.07, 6.45) is 1.50. The van der Waals surface area contributed by atoms with Gasteiger partial charge >= 0.3 is 0 Å². The van der Waals surface area contributed by atoms with Gasteiger partial charge in [0, 0.05) is 0 Å². The number of nitrogens with zero attached hydrogens (tertiary/aromatic N) is 1. The van der Waals surface area contributed by atoms with Crippen LogP contribution in [0, 0.1) is 0 Å². The van der Waals surface area contributed by atoms with Crippen LogP contribution in [0.1, 0.15) is 5.56 Å². The lowest BCUT2D eigenvalue weighted by Gasteiger charge is -2.08. The number of nitrogens with two attached hydrogens (primary N) is 1. The van der Waals surface area contributed by atoms with E-state index in [1.165, 1.54) is 6.08 Å². The normalized spacial score (nSPS) is 16.9. The third kappa shape index (κ3) is 3.47. The molecule has 0 aromatic heterocycles. The lowest BCUT2D eigenvalue weighted by Crippen LogP contribution is -2.36. The Hall–Kier alpha value is -1.32. The Balaban J connectivity index is 2.33. The molecule has 0 saturated carbocycles. The van der Waals surface area contributed by atoms with Crippen LogP contribution < -0.4 is 5.73 Å². The number of carbonyl (C=O) groups is 3. The number of primary amides is 1. The molecule has 0 bridgehead atoms. The van der Waals surface area contributed by atoms with Gasteiger partial charge in [-0.25, -0.2) is 0 Å². The fraction of sp³-hybridized carbons (Fsp3) is 0.0833. The van der Waals surface area contributed by atoms with Crippen molar-refractivity contribution in [3.05, 3.63) is 31.5 Å². The van der Waals surface area contributed by atoms with Crippen molar-refractivity contribution in [3.63, 3.8) is 0 Å². The second-order valence-electron chi connectivity index (χ2n) is 4.07. The quantitative estimate of drug-likeness (QED) is 0.710. The molecule has 21 heavy (non-hydrogen) atoms. The summed E-state index contributed by atoms with van der Waals surface area (Å²) in [6.45, 7) is -0.440. The maximum atomic E-state index is 12.0. The average molecular weight is 436 g/mol. The summed E-state index contributed by atoms with van der Waals surface area (Å²) in [7, 11) is 0. The number of rotatable bonds is 3. The minimum absolute atomic E-state index is 0.0361. The molecule has 110 valence electrons. The van der Waals surface area contributed by atoms with Gasteiger partial charge in [-0.1, -0.05) is 0 Å². The molecular formula is C12H8Br2N2O4S. The molecule has 0 unspecified atom stereocenters. The summed E-state index contributed by atoms with van der Waals surface area (Å²) in [5.74, 6) is -1.29. The van der Waals surface area contributed by atoms with Crippen LogP contribution in [0.15, 0.2) is 26.0 Å². The van der Waals surface area contributed by atoms with E-state index in [4.69, 9.17) is 5.73 Å². The van der Waals surface area contributed by atoms with Crippen LogP contribution in [0.3, 0.4) is 0 Å². The van der Waals surface area contributed by atoms with Gasteiger partial charge in [0.25, 0.3) is 11.1 Å². The maximum absolute atomic E-state index is 12.0. The second-order valence-corrected chi connectivity index (χ2v) is 6.77. The van der Waals surface area contributed by atoms with Gasteiger partial charge in [-0.2, -0.15) is 0 Å². The van der Waals surface area contributed by atoms with Gasteiger partial charge < -0.3 is 10.8 Å². The molecule has 1 aliphatic rings. The van der Waals surface area contributed by atoms with Crippen molar-refractivity contribution in [1.29, 1.82) is 0 Å². The molecule has 1 saturated heterocycles. The fourth-order valence-corrected chi connectivity index (χ4v) is 3.67. The zero-order valence-electron chi connectivity index (χ0n) is 10.3. The van der Waals surface area contributed by atoms with E-state index < -0.39 is 23.6 Å². The van der Waals surface area contributed by atoms with Crippen LogP contribution in [-0.2, 0) is 9.59 Å². The predicted octanol–water partition coefficient (Wildman–Crippen LogP) is 2.44. The van der Waals surface area contributed by atoms with E-state index in [0.29, 0.717) is 14.5 Å². The number of amides is 3. The van der Waals surface area contributed by atoms with Gasteiger partial charge in [0.1, 0.15) is 12.3 Å². The first-order valence-corrected chi connectivity index (χ1v) is 7.91. The first-order valence-electron chi connectivity index (χ1n) is 5.51. The van der Waals surface area contributed by atoms with Gasteiger partial charge in [-0.3, -0.25) is 19.3 Å². The smallest absolute Gasteiger partial charge is 0.294 e. The van der Waals surface area contributed by atoms with Crippen LogP contribution >= 0.6 is 43.6 Å². The van der Waals surface area contributed by atoms with E-state index in [0.717, 1.165) is 16.7 Å². The van der Waals surface area contributed by atoms with E-state index >= 15 is 0 Å². The number of benzene rings is 1. The molecule has 3 N–H and O–H groups in total. The zero-order chi connectivity index (χ0) is 15.7. The van der Waals surface area contributed by atoms with E-state index in [2.05, 4.69) is 31.9 Å². The SMILES string of the molecule is NC(=O)CN1C(=O)S/C(=C\c2cc(Br)c(O)c(Br)c2)C1=O. The van der Waals surface area contributed by atoms with Gasteiger partial charge in [0.2, 0.25) is 5.91 Å². The summed E-state index contributed by atoms with van der Waals surface area (Å²) in [4.78, 5) is 35.5. The highest BCUT2D eigenvalue weighted by Crippen LogP contribution is 2.36. The number of halogens is 2. The number of thioether (sulfide) groups is 1. The van der Waals surface area contributed by atoms with Crippen molar-refractivity contribution < 1.29 is 19.5 Å². The van der Waals surface area contributed by atoms with Crippen molar-refractivity contribution in [2.75, 3.05) is 6.54 Å². The molecule has 1 aromatic rings. The van der Waals surface area contributed by atoms with Gasteiger partial charge in [-0.15, -0.1) is 0 Å². The minimum atomic E-state index is -0.756. The van der Waals surface area contributed by atoms with E-state index in [9.17, 15) is 19.5 Å². The molecule has 1 aromatic carbocycles. The maximum Gasteiger partial charge on any atom is 0.294 e. The highest BCUT2D eigenvalue weighted by atomic mass is 79.9. The minimum Gasteiger partial charge on any atom is -0.506 e. The van der Waals surface area contributed by atoms with Crippen molar-refractivity contribution in [3.8, 4) is 5.75 Å². The molecule has 1 aliphatic heterocycles. The Bertz CT molecular complexity index is 667. The number of hydrogen-bond acceptors (Lipinski definition) is 5. The van der Waals surface area contributed by atoms with Crippen LogP contribution in [-0.4, -0.2) is 33.6 Å². The first-order chi connectivity index (χ1) is 9.79. The van der Waals surface area contributed by atoms with Crippen LogP contribution in [0.4, 0.5) is 4.79 Å². The Kier molecular flexibility index (Phi) is 4.74. The Morgan fingerprint density at radius 1 is 1.33 bits per heavy atom. The number of hydrogen-bond donors (Lipinski definition) is 2. The number of imide groups is 1. The molecule has 1 heterocycles. The molecule has 0 radical (unpaired) electrons. The van der Waals surface area contributed by atoms with Gasteiger partial charge in [0.05, 0.1) is 13.9 Å². The summed E-state index contributed by atoms with van der Waals surface area (Å²) in [5, 5.41) is 9.09. The van der Waals surface area contributed by atoms with Crippen molar-refractivity contribution in [2.45, 2.75) is 0 Å². The van der Waals surface area contributed by atoms with E-state index in [1.807, 2.05) is 0 Å². The Morgan fingerprint density at radius 3 is 2.43 bits per heavy atom. The lowest BCUT2D eigenvalue weighted by atomic mass is 10.2. The van der Waals surface area contributed by atoms with E-state index in [1.54, 1.807) is 12.1 Å². The van der Waals surface area contributed by atoms with Crippen molar-refractivity contribution in [2.24, 2.45) is 5.73 Å². The fourth-order valence-electron chi connectivity index (χ4n) is 1.61. The largest absolute Gasteiger partial charge is 0.506 e. The van der Waals surface area contributed by atoms with Crippen molar-refractivity contribution >= 4 is 66.8 Å². The van der Waals surface area contributed by atoms with Crippen LogP contribution in [0.2, 0.25) is 0 Å². The molecule has 0 atom stereocenters. The summed E-state index contributed by atoms with van der Waals surface area (Å²) >= 11 is 7.09. The summed E-state index contributed by atoms with van der Waals surface area (Å²) in [5.41, 5.74) is 5.60. The highest BCUT2D eigenvalue weighted by molar-refractivity contribution is 9.11. The highest BCUT2D eigenvalue weighted by Gasteiger charge is 2.35. The predicted molar refractivity (Wildman–Crippen MR) is 85.4 cm³/mol. The van der Waals surface area contributed by atoms with Crippen LogP contribution in [0.25, 0.3) is 6.08 Å². The molecule has 0 aliphatic carbocycles. The monoisotopic (exact) mass is 434 g/mol. The first kappa shape index (κ1) is 16.1. The zero-order valence-corrected chi connectivity index (χ0v) is 14.3. The molecule has 0 spiro atoms. The van der Waals surface area contributed by atoms with Gasteiger partial charge in [-0.05, 0) is 67.4 Å². The lowest BCUT2D eigenvalue weighted by molar-refractivity contribution is -0.127. The summed E-state index contributed by atoms with van der Waals surface area (Å²) in [6, 6.07) is 3.20. The average Bonchev–Trinajstić information content (AvgIpc) is 2.63. The topological polar surface area (TPSA) is 101 Å². The molecule has 2 rings (SSSR count). The molecule has 3 amide bonds. The Labute approximate surface area is 140 Å². The van der Waals surface area contributed by atoms with Gasteiger partial charge in [0.15, 0.2) is 0 Å². The third-order valence-electron chi connectivity index (χ3n) is 2.52. The number of phenolic OH excluding ortho intramolecular Hbond substituents is 1. The molecule has 1 fully saturated rings. The molecular weight excluding hydrogens is 428 g/mol. The number of aromatic hydroxyl groups is 1. The van der Waals surface area contributed by atoms with E-state index in [-0.39, 0.29) is 10.7 Å². The van der Waals surface area contributed by atoms with Crippen LogP contribution in [0.5, 0.6) is 5.75 Å². The molecule has 9 heteroatoms. The standard InChI is InChI=1S/C12H8Br2N2O4S/c13-6-1-5(2-7(14)10(6)18)3-8-11(19)16(4-9(15)17)12(20)21-8/h1-3,18H,4H2,(H2,15,17)/b8-3-. The number of carbonyl (C=O) groups excluding carboxylic acids is 3. The number of phenols is 1.